The van der Waals surface area contributed by atoms with Gasteiger partial charge in [0, 0.05) is 12.0 Å². The minimum Gasteiger partial charge on any atom is -0.481 e. The predicted octanol–water partition coefficient (Wildman–Crippen LogP) is 4.10. The van der Waals surface area contributed by atoms with Gasteiger partial charge in [-0.05, 0) is 56.0 Å². The molecule has 1 aliphatic carbocycles. The smallest absolute Gasteiger partial charge is 0.143 e. The van der Waals surface area contributed by atoms with Crippen molar-refractivity contribution >= 4 is 5.71 Å². The topological polar surface area (TPSA) is 42.8 Å². The number of nitrogens with zero attached hydrogens (tertiary/aromatic N) is 1. The molecule has 0 aromatic heterocycles. The van der Waals surface area contributed by atoms with Crippen LogP contribution < -0.4 is 10.1 Å². The van der Waals surface area contributed by atoms with Crippen LogP contribution >= 0.6 is 0 Å². The number of nitrogens with one attached hydrogen (secondary N) is 1. The van der Waals surface area contributed by atoms with Crippen LogP contribution in [0, 0.1) is 11.8 Å². The summed E-state index contributed by atoms with van der Waals surface area (Å²) < 4.78 is 6.46. The SMILES string of the molecule is c1ccc(C23CC2C(=NOCCCC2CCNC2)c2ccccc2O3)cc1. The van der Waals surface area contributed by atoms with Gasteiger partial charge in [0.05, 0.1) is 11.6 Å². The number of hydrogen-bond donors (Lipinski definition) is 1. The van der Waals surface area contributed by atoms with E-state index in [2.05, 4.69) is 40.8 Å². The molecule has 3 aliphatic rings. The lowest BCUT2D eigenvalue weighted by Gasteiger charge is -2.27. The van der Waals surface area contributed by atoms with Crippen molar-refractivity contribution in [1.82, 2.24) is 5.32 Å². The van der Waals surface area contributed by atoms with Crippen LogP contribution in [-0.4, -0.2) is 25.4 Å². The fourth-order valence-electron chi connectivity index (χ4n) is 4.55. The molecule has 1 saturated carbocycles. The predicted molar refractivity (Wildman–Crippen MR) is 106 cm³/mol. The molecule has 0 amide bonds. The molecule has 0 radical (unpaired) electrons. The number of rotatable bonds is 6. The first-order valence-corrected chi connectivity index (χ1v) is 10.1. The van der Waals surface area contributed by atoms with Gasteiger partial charge in [-0.1, -0.05) is 47.6 Å². The van der Waals surface area contributed by atoms with Crippen molar-refractivity contribution in [3.8, 4) is 5.75 Å². The third kappa shape index (κ3) is 3.12. The van der Waals surface area contributed by atoms with Gasteiger partial charge < -0.3 is 14.9 Å². The fraction of sp³-hybridized carbons (Fsp3) is 0.435. The molecule has 0 spiro atoms. The lowest BCUT2D eigenvalue weighted by molar-refractivity contribution is 0.130. The summed E-state index contributed by atoms with van der Waals surface area (Å²) in [6, 6.07) is 18.7. The Kier molecular flexibility index (Phi) is 4.36. The highest BCUT2D eigenvalue weighted by Crippen LogP contribution is 2.60. The van der Waals surface area contributed by atoms with Crippen LogP contribution in [-0.2, 0) is 10.4 Å². The van der Waals surface area contributed by atoms with Crippen LogP contribution in [0.2, 0.25) is 0 Å². The second-order valence-electron chi connectivity index (χ2n) is 7.92. The number of oxime groups is 1. The van der Waals surface area contributed by atoms with Crippen molar-refractivity contribution in [3.63, 3.8) is 0 Å². The van der Waals surface area contributed by atoms with E-state index in [4.69, 9.17) is 9.57 Å². The third-order valence-corrected chi connectivity index (χ3v) is 6.13. The molecular formula is C23H26N2O2. The molecule has 1 saturated heterocycles. The van der Waals surface area contributed by atoms with E-state index in [1.165, 1.54) is 18.4 Å². The summed E-state index contributed by atoms with van der Waals surface area (Å²) in [5, 5.41) is 8.03. The monoisotopic (exact) mass is 362 g/mol. The zero-order chi connectivity index (χ0) is 18.1. The number of fused-ring (bicyclic) bond motifs is 2. The van der Waals surface area contributed by atoms with Crippen LogP contribution in [0.4, 0.5) is 0 Å². The number of ether oxygens (including phenoxy) is 1. The van der Waals surface area contributed by atoms with E-state index in [-0.39, 0.29) is 11.5 Å². The Morgan fingerprint density at radius 1 is 1.11 bits per heavy atom. The van der Waals surface area contributed by atoms with E-state index in [0.717, 1.165) is 48.9 Å². The second kappa shape index (κ2) is 7.01. The molecule has 2 aliphatic heterocycles. The minimum atomic E-state index is -0.271. The average molecular weight is 362 g/mol. The maximum Gasteiger partial charge on any atom is 0.143 e. The van der Waals surface area contributed by atoms with Crippen molar-refractivity contribution in [2.24, 2.45) is 17.0 Å². The van der Waals surface area contributed by atoms with Crippen molar-refractivity contribution in [1.29, 1.82) is 0 Å². The first-order chi connectivity index (χ1) is 13.4. The van der Waals surface area contributed by atoms with Gasteiger partial charge in [0.1, 0.15) is 18.0 Å². The second-order valence-corrected chi connectivity index (χ2v) is 7.92. The molecule has 0 bridgehead atoms. The van der Waals surface area contributed by atoms with Gasteiger partial charge in [-0.3, -0.25) is 0 Å². The first kappa shape index (κ1) is 16.8. The highest BCUT2D eigenvalue weighted by molar-refractivity contribution is 6.08. The quantitative estimate of drug-likeness (QED) is 0.621. The highest BCUT2D eigenvalue weighted by Gasteiger charge is 2.64. The molecule has 27 heavy (non-hydrogen) atoms. The number of benzene rings is 2. The number of hydrogen-bond acceptors (Lipinski definition) is 4. The fourth-order valence-corrected chi connectivity index (χ4v) is 4.55. The summed E-state index contributed by atoms with van der Waals surface area (Å²) in [5.74, 6) is 1.99. The van der Waals surface area contributed by atoms with Gasteiger partial charge in [0.2, 0.25) is 0 Å². The Labute approximate surface area is 160 Å². The van der Waals surface area contributed by atoms with Gasteiger partial charge >= 0.3 is 0 Å². The normalized spacial score (nSPS) is 29.7. The molecule has 1 N–H and O–H groups in total. The molecule has 2 fully saturated rings. The molecule has 2 heterocycles. The lowest BCUT2D eigenvalue weighted by Crippen LogP contribution is -2.28. The van der Waals surface area contributed by atoms with Gasteiger partial charge in [-0.15, -0.1) is 0 Å². The Morgan fingerprint density at radius 2 is 1.96 bits per heavy atom. The van der Waals surface area contributed by atoms with Gasteiger partial charge in [-0.2, -0.15) is 0 Å². The van der Waals surface area contributed by atoms with Crippen LogP contribution in [0.5, 0.6) is 5.75 Å². The van der Waals surface area contributed by atoms with E-state index < -0.39 is 0 Å². The molecule has 2 aromatic carbocycles. The molecule has 4 nitrogen and oxygen atoms in total. The van der Waals surface area contributed by atoms with E-state index in [0.29, 0.717) is 6.61 Å². The zero-order valence-electron chi connectivity index (χ0n) is 15.6. The molecule has 4 heteroatoms. The maximum atomic E-state index is 6.46. The standard InChI is InChI=1S/C23H26N2O2/c1-2-8-18(9-3-1)23-15-20(23)22(19-10-4-5-11-21(19)27-23)25-26-14-6-7-17-12-13-24-16-17/h1-5,8-11,17,20,24H,6-7,12-16H2. The lowest BCUT2D eigenvalue weighted by atomic mass is 9.96. The number of para-hydroxylation sites is 1. The van der Waals surface area contributed by atoms with Crippen molar-refractivity contribution in [3.05, 3.63) is 65.7 Å². The van der Waals surface area contributed by atoms with Crippen molar-refractivity contribution in [2.75, 3.05) is 19.7 Å². The largest absolute Gasteiger partial charge is 0.481 e. The average Bonchev–Trinajstić information content (AvgIpc) is 3.22. The van der Waals surface area contributed by atoms with E-state index in [1.807, 2.05) is 24.3 Å². The Balaban J connectivity index is 1.32. The molecule has 3 atom stereocenters. The summed E-state index contributed by atoms with van der Waals surface area (Å²) in [7, 11) is 0. The summed E-state index contributed by atoms with van der Waals surface area (Å²) in [4.78, 5) is 5.78. The van der Waals surface area contributed by atoms with E-state index in [9.17, 15) is 0 Å². The van der Waals surface area contributed by atoms with Crippen LogP contribution in [0.1, 0.15) is 36.8 Å². The highest BCUT2D eigenvalue weighted by atomic mass is 16.6. The molecular weight excluding hydrogens is 336 g/mol. The Morgan fingerprint density at radius 3 is 2.81 bits per heavy atom. The first-order valence-electron chi connectivity index (χ1n) is 10.1. The summed E-state index contributed by atoms with van der Waals surface area (Å²) in [6.45, 7) is 3.00. The van der Waals surface area contributed by atoms with Crippen LogP contribution in [0.3, 0.4) is 0 Å². The van der Waals surface area contributed by atoms with E-state index in [1.54, 1.807) is 0 Å². The Bertz CT molecular complexity index is 829. The maximum absolute atomic E-state index is 6.46. The van der Waals surface area contributed by atoms with Crippen molar-refractivity contribution in [2.45, 2.75) is 31.3 Å². The van der Waals surface area contributed by atoms with Crippen molar-refractivity contribution < 1.29 is 9.57 Å². The van der Waals surface area contributed by atoms with Crippen LogP contribution in [0.25, 0.3) is 0 Å². The molecule has 140 valence electrons. The van der Waals surface area contributed by atoms with Gasteiger partial charge in [0.25, 0.3) is 0 Å². The molecule has 5 rings (SSSR count). The van der Waals surface area contributed by atoms with Crippen LogP contribution in [0.15, 0.2) is 59.8 Å². The Hall–Kier alpha value is -2.33. The van der Waals surface area contributed by atoms with Gasteiger partial charge in [-0.25, -0.2) is 0 Å². The third-order valence-electron chi connectivity index (χ3n) is 6.13. The summed E-state index contributed by atoms with van der Waals surface area (Å²) in [5.41, 5.74) is 3.08. The molecule has 3 unspecified atom stereocenters. The van der Waals surface area contributed by atoms with E-state index >= 15 is 0 Å². The molecule has 2 aromatic rings. The zero-order valence-corrected chi connectivity index (χ0v) is 15.6. The summed E-state index contributed by atoms with van der Waals surface area (Å²) >= 11 is 0. The minimum absolute atomic E-state index is 0.271. The summed E-state index contributed by atoms with van der Waals surface area (Å²) in [6.07, 6.45) is 4.53. The van der Waals surface area contributed by atoms with Gasteiger partial charge in [0.15, 0.2) is 0 Å².